The van der Waals surface area contributed by atoms with Crippen molar-refractivity contribution >= 4 is 34.4 Å². The molecule has 0 bridgehead atoms. The molecule has 1 N–H and O–H groups in total. The Hall–Kier alpha value is -0.200. The molecule has 0 aliphatic carbocycles. The molecule has 0 unspecified atom stereocenters. The molecule has 0 heterocycles. The van der Waals surface area contributed by atoms with Gasteiger partial charge in [0, 0.05) is 0 Å². The summed E-state index contributed by atoms with van der Waals surface area (Å²) in [4.78, 5) is 11.6. The fraction of sp³-hybridized carbons (Fsp3) is 0.500. The molecule has 0 amide bonds. The molecule has 0 aromatic heterocycles. The van der Waals surface area contributed by atoms with Crippen molar-refractivity contribution in [3.05, 3.63) is 0 Å². The van der Waals surface area contributed by atoms with Crippen molar-refractivity contribution in [1.29, 1.82) is 0 Å². The Bertz CT molecular complexity index is 372. The number of aliphatic carboxylic acids is 1. The van der Waals surface area contributed by atoms with Crippen LogP contribution in [0.3, 0.4) is 0 Å². The van der Waals surface area contributed by atoms with E-state index in [9.17, 15) is 13.9 Å². The molecule has 1 atom stereocenters. The minimum atomic E-state index is -1.13. The summed E-state index contributed by atoms with van der Waals surface area (Å²) in [6, 6.07) is -0.990. The molecule has 0 saturated heterocycles. The molecule has 0 aromatic carbocycles. The van der Waals surface area contributed by atoms with E-state index in [2.05, 4.69) is 24.1 Å². The summed E-state index contributed by atoms with van der Waals surface area (Å²) in [5, 5.41) is 8.76. The third kappa shape index (κ3) is 4.88. The quantitative estimate of drug-likeness (QED) is 0.449. The van der Waals surface area contributed by atoms with Gasteiger partial charge in [-0.1, -0.05) is 0 Å². The van der Waals surface area contributed by atoms with Gasteiger partial charge in [0.05, 0.1) is 0 Å². The number of rotatable bonds is 4. The maximum atomic E-state index is 10.7. The first-order valence-electron chi connectivity index (χ1n) is 3.46. The average Bonchev–Trinajstić information content (AvgIpc) is 2.13. The van der Waals surface area contributed by atoms with Crippen LogP contribution < -0.4 is 0 Å². The summed E-state index contributed by atoms with van der Waals surface area (Å²) in [5.74, 6) is 3.54. The molecule has 0 aliphatic rings. The van der Waals surface area contributed by atoms with E-state index in [1.165, 1.54) is 0 Å². The van der Waals surface area contributed by atoms with Crippen LogP contribution in [0.2, 0.25) is 0 Å². The van der Waals surface area contributed by atoms with Crippen molar-refractivity contribution in [2.75, 3.05) is 5.75 Å². The Morgan fingerprint density at radius 1 is 1.43 bits per heavy atom. The average molecular weight is 251 g/mol. The van der Waals surface area contributed by atoms with Gasteiger partial charge in [-0.05, 0) is 0 Å². The zero-order valence-electron chi connectivity index (χ0n) is 6.95. The van der Waals surface area contributed by atoms with E-state index in [0.29, 0.717) is 5.75 Å². The van der Waals surface area contributed by atoms with Crippen LogP contribution in [0.1, 0.15) is 6.42 Å². The standard InChI is InChI=1S/C6H7NO4P2S/c8-6(9)5(1-2-14)7(3-12-10)4-13-11/h5,14H,1-2H2,(H,8,9)/t5-/m0/s1. The number of carboxylic acids is 1. The fourth-order valence-corrected chi connectivity index (χ4v) is 1.61. The van der Waals surface area contributed by atoms with Gasteiger partial charge in [-0.15, -0.1) is 0 Å². The number of thiol groups is 1. The van der Waals surface area contributed by atoms with E-state index in [-0.39, 0.29) is 6.42 Å². The molecule has 8 heteroatoms. The van der Waals surface area contributed by atoms with E-state index < -0.39 is 27.8 Å². The monoisotopic (exact) mass is 251 g/mol. The predicted molar refractivity (Wildman–Crippen MR) is 54.7 cm³/mol. The van der Waals surface area contributed by atoms with Crippen LogP contribution in [0.15, 0.2) is 0 Å². The molecule has 0 fully saturated rings. The first-order valence-corrected chi connectivity index (χ1v) is 5.72. The predicted octanol–water partition coefficient (Wildman–Crippen LogP) is 1.48. The van der Waals surface area contributed by atoms with E-state index in [4.69, 9.17) is 5.11 Å². The first-order chi connectivity index (χ1) is 6.67. The molecule has 14 heavy (non-hydrogen) atoms. The zero-order valence-corrected chi connectivity index (χ0v) is 9.64. The molecule has 76 valence electrons. The summed E-state index contributed by atoms with van der Waals surface area (Å²) >= 11 is 3.88. The molecule has 0 aliphatic heterocycles. The Morgan fingerprint density at radius 3 is 2.21 bits per heavy atom. The van der Waals surface area contributed by atoms with Crippen molar-refractivity contribution in [3.63, 3.8) is 0 Å². The Labute approximate surface area is 88.5 Å². The summed E-state index contributed by atoms with van der Waals surface area (Å²) in [5.41, 5.74) is 0. The number of nitrogens with zero attached hydrogens (tertiary/aromatic N) is 1. The van der Waals surface area contributed by atoms with Crippen LogP contribution in [0.25, 0.3) is 0 Å². The van der Waals surface area contributed by atoms with E-state index in [1.807, 2.05) is 0 Å². The van der Waals surface area contributed by atoms with E-state index >= 15 is 0 Å². The molecule has 0 aromatic rings. The van der Waals surface area contributed by atoms with Crippen molar-refractivity contribution < 1.29 is 19.0 Å². The van der Waals surface area contributed by atoms with Crippen LogP contribution in [0, 0.1) is 11.5 Å². The second-order valence-electron chi connectivity index (χ2n) is 2.12. The van der Waals surface area contributed by atoms with Crippen molar-refractivity contribution in [2.45, 2.75) is 12.5 Å². The van der Waals surface area contributed by atoms with Crippen LogP contribution in [0.4, 0.5) is 0 Å². The minimum absolute atomic E-state index is 0.212. The van der Waals surface area contributed by atoms with Crippen molar-refractivity contribution in [3.8, 4) is 11.5 Å². The van der Waals surface area contributed by atoms with E-state index in [1.54, 1.807) is 0 Å². The Kier molecular flexibility index (Phi) is 8.02. The number of carboxylic acid groups (broad SMARTS) is 1. The number of hydrogen-bond acceptors (Lipinski definition) is 5. The maximum absolute atomic E-state index is 10.7. The van der Waals surface area contributed by atoms with Gasteiger partial charge in [0.25, 0.3) is 0 Å². The van der Waals surface area contributed by atoms with Gasteiger partial charge in [-0.25, -0.2) is 0 Å². The molecular weight excluding hydrogens is 244 g/mol. The Morgan fingerprint density at radius 2 is 1.93 bits per heavy atom. The summed E-state index contributed by atoms with van der Waals surface area (Å²) in [7, 11) is -0.977. The second-order valence-corrected chi connectivity index (χ2v) is 3.33. The van der Waals surface area contributed by atoms with Crippen LogP contribution in [-0.2, 0) is 13.9 Å². The van der Waals surface area contributed by atoms with Crippen LogP contribution in [-0.4, -0.2) is 27.8 Å². The SMILES string of the molecule is O=P#CN(C#P=O)[C@@H](CCS)C(=O)O. The topological polar surface area (TPSA) is 74.7 Å². The van der Waals surface area contributed by atoms with Gasteiger partial charge in [-0.3, -0.25) is 0 Å². The Balaban J connectivity index is 4.93. The van der Waals surface area contributed by atoms with E-state index in [0.717, 1.165) is 4.90 Å². The zero-order chi connectivity index (χ0) is 11.0. The van der Waals surface area contributed by atoms with Gasteiger partial charge in [0.2, 0.25) is 0 Å². The normalized spacial score (nSPS) is 11.3. The fourth-order valence-electron chi connectivity index (χ4n) is 0.735. The van der Waals surface area contributed by atoms with Crippen LogP contribution >= 0.6 is 28.5 Å². The molecule has 0 rings (SSSR count). The van der Waals surface area contributed by atoms with Crippen molar-refractivity contribution in [2.24, 2.45) is 0 Å². The molecule has 0 saturated carbocycles. The first kappa shape index (κ1) is 13.8. The van der Waals surface area contributed by atoms with Gasteiger partial charge in [0.15, 0.2) is 0 Å². The van der Waals surface area contributed by atoms with Gasteiger partial charge < -0.3 is 0 Å². The van der Waals surface area contributed by atoms with Crippen LogP contribution in [0.5, 0.6) is 0 Å². The summed E-state index contributed by atoms with van der Waals surface area (Å²) in [6.07, 6.45) is 0.212. The molecule has 5 nitrogen and oxygen atoms in total. The van der Waals surface area contributed by atoms with Gasteiger partial charge in [0.1, 0.15) is 0 Å². The molecule has 0 radical (unpaired) electrons. The second kappa shape index (κ2) is 8.14. The molecule has 0 spiro atoms. The summed E-state index contributed by atoms with van der Waals surface area (Å²) in [6.45, 7) is 0. The van der Waals surface area contributed by atoms with Gasteiger partial charge >= 0.3 is 88.1 Å². The summed E-state index contributed by atoms with van der Waals surface area (Å²) < 4.78 is 20.4. The number of carbonyl (C=O) groups is 1. The third-order valence-corrected chi connectivity index (χ3v) is 2.15. The van der Waals surface area contributed by atoms with Crippen molar-refractivity contribution in [1.82, 2.24) is 4.90 Å². The van der Waals surface area contributed by atoms with Gasteiger partial charge in [-0.2, -0.15) is 0 Å². The molecular formula is C6H7NO4P2S. The number of hydrogen-bond donors (Lipinski definition) is 2. The third-order valence-electron chi connectivity index (χ3n) is 1.30.